The molecule has 2 aromatic carbocycles. The van der Waals surface area contributed by atoms with Gasteiger partial charge in [-0.15, -0.1) is 0 Å². The molecule has 0 unspecified atom stereocenters. The zero-order valence-electron chi connectivity index (χ0n) is 16.4. The summed E-state index contributed by atoms with van der Waals surface area (Å²) in [5.74, 6) is -2.15. The molecule has 4 rings (SSSR count). The number of pyridine rings is 1. The smallest absolute Gasteiger partial charge is 0.407 e. The summed E-state index contributed by atoms with van der Waals surface area (Å²) in [4.78, 5) is 28.4. The van der Waals surface area contributed by atoms with E-state index >= 15 is 0 Å². The highest BCUT2D eigenvalue weighted by molar-refractivity contribution is 6.12. The molecule has 1 aliphatic rings. The van der Waals surface area contributed by atoms with Crippen LogP contribution in [0.4, 0.5) is 19.4 Å². The standard InChI is InChI=1S/C22H19F2N3O4/c23-16-8-14-15(9-17(16)24)21(27-18-11-30-12-19(28)20(14)18)25-6-7-26-22(29)31-10-13-4-2-1-3-5-13/h1-5,8-9H,6-7,10-12H2,(H,25,27)(H,26,29). The van der Waals surface area contributed by atoms with Gasteiger partial charge < -0.3 is 20.1 Å². The average Bonchev–Trinajstić information content (AvgIpc) is 2.77. The molecule has 1 aliphatic heterocycles. The van der Waals surface area contributed by atoms with E-state index in [2.05, 4.69) is 15.6 Å². The van der Waals surface area contributed by atoms with Crippen molar-refractivity contribution in [2.45, 2.75) is 13.2 Å². The van der Waals surface area contributed by atoms with Crippen LogP contribution in [0.5, 0.6) is 0 Å². The lowest BCUT2D eigenvalue weighted by atomic mass is 9.98. The van der Waals surface area contributed by atoms with Gasteiger partial charge in [-0.05, 0) is 17.7 Å². The third kappa shape index (κ3) is 4.61. The number of nitrogens with zero attached hydrogens (tertiary/aromatic N) is 1. The quantitative estimate of drug-likeness (QED) is 0.585. The van der Waals surface area contributed by atoms with Crippen LogP contribution in [0.3, 0.4) is 0 Å². The van der Waals surface area contributed by atoms with E-state index in [-0.39, 0.29) is 60.8 Å². The number of hydrogen-bond acceptors (Lipinski definition) is 6. The Bertz CT molecular complexity index is 1140. The maximum absolute atomic E-state index is 13.9. The first-order valence-electron chi connectivity index (χ1n) is 9.64. The highest BCUT2D eigenvalue weighted by atomic mass is 19.2. The number of nitrogens with one attached hydrogen (secondary N) is 2. The third-order valence-corrected chi connectivity index (χ3v) is 4.77. The van der Waals surface area contributed by atoms with Gasteiger partial charge >= 0.3 is 6.09 Å². The molecule has 0 fully saturated rings. The van der Waals surface area contributed by atoms with Crippen LogP contribution in [0, 0.1) is 11.6 Å². The molecule has 0 saturated carbocycles. The summed E-state index contributed by atoms with van der Waals surface area (Å²) in [7, 11) is 0. The molecule has 0 atom stereocenters. The van der Waals surface area contributed by atoms with Crippen LogP contribution in [-0.4, -0.2) is 36.6 Å². The van der Waals surface area contributed by atoms with Crippen molar-refractivity contribution in [2.24, 2.45) is 0 Å². The summed E-state index contributed by atoms with van der Waals surface area (Å²) in [6.07, 6.45) is -0.582. The van der Waals surface area contributed by atoms with Crippen LogP contribution in [0.1, 0.15) is 21.6 Å². The molecule has 0 saturated heterocycles. The van der Waals surface area contributed by atoms with Crippen LogP contribution < -0.4 is 10.6 Å². The minimum Gasteiger partial charge on any atom is -0.445 e. The second-order valence-corrected chi connectivity index (χ2v) is 6.93. The Morgan fingerprint density at radius 1 is 1.06 bits per heavy atom. The fourth-order valence-corrected chi connectivity index (χ4v) is 3.34. The van der Waals surface area contributed by atoms with Gasteiger partial charge in [0.05, 0.1) is 17.9 Å². The number of anilines is 1. The zero-order chi connectivity index (χ0) is 21.8. The van der Waals surface area contributed by atoms with Gasteiger partial charge in [0.2, 0.25) is 0 Å². The van der Waals surface area contributed by atoms with Gasteiger partial charge in [0.1, 0.15) is 19.0 Å². The summed E-state index contributed by atoms with van der Waals surface area (Å²) < 4.78 is 38.0. The van der Waals surface area contributed by atoms with E-state index in [1.807, 2.05) is 30.3 Å². The SMILES string of the molecule is O=C(NCCNc1nc2c(c3cc(F)c(F)cc13)C(=O)COC2)OCc1ccccc1. The fourth-order valence-electron chi connectivity index (χ4n) is 3.34. The topological polar surface area (TPSA) is 89.6 Å². The number of ketones is 1. The Balaban J connectivity index is 1.42. The predicted octanol–water partition coefficient (Wildman–Crippen LogP) is 3.56. The maximum Gasteiger partial charge on any atom is 0.407 e. The first kappa shape index (κ1) is 20.7. The Morgan fingerprint density at radius 2 is 1.81 bits per heavy atom. The number of halogens is 2. The lowest BCUT2D eigenvalue weighted by Gasteiger charge is -2.19. The van der Waals surface area contributed by atoms with E-state index in [1.54, 1.807) is 0 Å². The molecule has 0 bridgehead atoms. The Hall–Kier alpha value is -3.59. The Kier molecular flexibility index (Phi) is 6.03. The highest BCUT2D eigenvalue weighted by Crippen LogP contribution is 2.31. The van der Waals surface area contributed by atoms with Gasteiger partial charge in [-0.1, -0.05) is 30.3 Å². The van der Waals surface area contributed by atoms with Crippen molar-refractivity contribution in [1.82, 2.24) is 10.3 Å². The molecule has 160 valence electrons. The van der Waals surface area contributed by atoms with Gasteiger partial charge in [-0.25, -0.2) is 18.6 Å². The van der Waals surface area contributed by atoms with E-state index in [0.717, 1.165) is 17.7 Å². The molecule has 3 aromatic rings. The van der Waals surface area contributed by atoms with Crippen LogP contribution in [0.25, 0.3) is 10.8 Å². The van der Waals surface area contributed by atoms with Crippen molar-refractivity contribution in [1.29, 1.82) is 0 Å². The molecule has 1 aromatic heterocycles. The molecular formula is C22H19F2N3O4. The second kappa shape index (κ2) is 9.05. The number of benzene rings is 2. The summed E-state index contributed by atoms with van der Waals surface area (Å²) in [5, 5.41) is 6.14. The Labute approximate surface area is 176 Å². The maximum atomic E-state index is 13.9. The molecule has 0 radical (unpaired) electrons. The van der Waals surface area contributed by atoms with Crippen molar-refractivity contribution in [3.05, 3.63) is 70.9 Å². The molecule has 2 N–H and O–H groups in total. The van der Waals surface area contributed by atoms with Crippen LogP contribution in [0.15, 0.2) is 42.5 Å². The molecule has 7 nitrogen and oxygen atoms in total. The number of Topliss-reactive ketones (excluding diaryl/α,β-unsaturated/α-hetero) is 1. The first-order valence-corrected chi connectivity index (χ1v) is 9.64. The summed E-state index contributed by atoms with van der Waals surface area (Å²) in [6.45, 7) is 0.553. The molecule has 0 spiro atoms. The van der Waals surface area contributed by atoms with Crippen molar-refractivity contribution in [3.63, 3.8) is 0 Å². The summed E-state index contributed by atoms with van der Waals surface area (Å²) in [6, 6.07) is 11.3. The van der Waals surface area contributed by atoms with E-state index in [4.69, 9.17) is 9.47 Å². The van der Waals surface area contributed by atoms with E-state index in [9.17, 15) is 18.4 Å². The second-order valence-electron chi connectivity index (χ2n) is 6.93. The highest BCUT2D eigenvalue weighted by Gasteiger charge is 2.25. The molecule has 2 heterocycles. The number of carbonyl (C=O) groups excluding carboxylic acids is 2. The molecule has 1 amide bonds. The van der Waals surface area contributed by atoms with Crippen LogP contribution in [0.2, 0.25) is 0 Å². The minimum atomic E-state index is -1.05. The van der Waals surface area contributed by atoms with E-state index in [1.165, 1.54) is 0 Å². The number of aromatic nitrogens is 1. The number of alkyl carbamates (subject to hydrolysis) is 1. The predicted molar refractivity (Wildman–Crippen MR) is 109 cm³/mol. The number of amides is 1. The number of hydrogen-bond donors (Lipinski definition) is 2. The number of carbonyl (C=O) groups is 2. The zero-order valence-corrected chi connectivity index (χ0v) is 16.4. The number of fused-ring (bicyclic) bond motifs is 3. The fraction of sp³-hybridized carbons (Fsp3) is 0.227. The van der Waals surface area contributed by atoms with E-state index < -0.39 is 17.7 Å². The minimum absolute atomic E-state index is 0.0920. The molecule has 9 heteroatoms. The summed E-state index contributed by atoms with van der Waals surface area (Å²) in [5.41, 5.74) is 1.47. The van der Waals surface area contributed by atoms with Crippen molar-refractivity contribution in [2.75, 3.05) is 25.0 Å². The normalized spacial score (nSPS) is 13.0. The van der Waals surface area contributed by atoms with E-state index in [0.29, 0.717) is 5.69 Å². The first-order chi connectivity index (χ1) is 15.0. The monoisotopic (exact) mass is 427 g/mol. The van der Waals surface area contributed by atoms with Gasteiger partial charge in [-0.3, -0.25) is 4.79 Å². The van der Waals surface area contributed by atoms with Crippen molar-refractivity contribution >= 4 is 28.5 Å². The van der Waals surface area contributed by atoms with Gasteiger partial charge in [0.25, 0.3) is 0 Å². The number of ether oxygens (including phenoxy) is 2. The largest absolute Gasteiger partial charge is 0.445 e. The van der Waals surface area contributed by atoms with Gasteiger partial charge in [0.15, 0.2) is 17.4 Å². The number of rotatable bonds is 6. The van der Waals surface area contributed by atoms with Gasteiger partial charge in [-0.2, -0.15) is 0 Å². The van der Waals surface area contributed by atoms with Crippen LogP contribution in [-0.2, 0) is 22.7 Å². The Morgan fingerprint density at radius 3 is 2.58 bits per heavy atom. The van der Waals surface area contributed by atoms with Crippen molar-refractivity contribution < 1.29 is 27.8 Å². The summed E-state index contributed by atoms with van der Waals surface area (Å²) >= 11 is 0. The lowest BCUT2D eigenvalue weighted by Crippen LogP contribution is -2.29. The third-order valence-electron chi connectivity index (χ3n) is 4.77. The molecule has 0 aliphatic carbocycles. The lowest BCUT2D eigenvalue weighted by molar-refractivity contribution is 0.0658. The van der Waals surface area contributed by atoms with Crippen molar-refractivity contribution in [3.8, 4) is 0 Å². The van der Waals surface area contributed by atoms with Crippen LogP contribution >= 0.6 is 0 Å². The average molecular weight is 427 g/mol. The molecule has 31 heavy (non-hydrogen) atoms. The molecular weight excluding hydrogens is 408 g/mol. The van der Waals surface area contributed by atoms with Gasteiger partial charge in [0, 0.05) is 23.9 Å².